The lowest BCUT2D eigenvalue weighted by molar-refractivity contribution is -0.172. The summed E-state index contributed by atoms with van der Waals surface area (Å²) >= 11 is 0. The number of ether oxygens (including phenoxy) is 2. The molecule has 3 saturated carbocycles. The molecule has 0 amide bonds. The van der Waals surface area contributed by atoms with Crippen LogP contribution in [0.5, 0.6) is 0 Å². The summed E-state index contributed by atoms with van der Waals surface area (Å²) in [6.07, 6.45) is 5.21. The molecule has 3 fully saturated rings. The fourth-order valence-electron chi connectivity index (χ4n) is 8.37. The SMILES string of the molecule is CC(=O)C1CCC2C3CC=C4CC(O)CC(OC(=O)CCC(=O)OC(=O)CCC(=O)O)C4(C)C3CCC12C. The maximum absolute atomic E-state index is 12.8. The van der Waals surface area contributed by atoms with Crippen LogP contribution in [-0.4, -0.2) is 52.1 Å². The van der Waals surface area contributed by atoms with Crippen LogP contribution >= 0.6 is 0 Å². The van der Waals surface area contributed by atoms with Gasteiger partial charge in [0.2, 0.25) is 0 Å². The first-order valence-corrected chi connectivity index (χ1v) is 13.9. The topological polar surface area (TPSA) is 144 Å². The van der Waals surface area contributed by atoms with Crippen molar-refractivity contribution in [3.63, 3.8) is 0 Å². The Morgan fingerprint density at radius 3 is 2.26 bits per heavy atom. The van der Waals surface area contributed by atoms with Crippen molar-refractivity contribution >= 4 is 29.7 Å². The summed E-state index contributed by atoms with van der Waals surface area (Å²) < 4.78 is 10.5. The molecular formula is C29H40O9. The van der Waals surface area contributed by atoms with E-state index in [1.165, 1.54) is 0 Å². The third-order valence-corrected chi connectivity index (χ3v) is 10.2. The Morgan fingerprint density at radius 1 is 0.947 bits per heavy atom. The van der Waals surface area contributed by atoms with Crippen LogP contribution in [0.3, 0.4) is 0 Å². The predicted octanol–water partition coefficient (Wildman–Crippen LogP) is 3.75. The fraction of sp³-hybridized carbons (Fsp3) is 0.759. The summed E-state index contributed by atoms with van der Waals surface area (Å²) in [4.78, 5) is 59.3. The summed E-state index contributed by atoms with van der Waals surface area (Å²) in [5.41, 5.74) is 0.696. The van der Waals surface area contributed by atoms with Gasteiger partial charge in [0.1, 0.15) is 11.9 Å². The lowest BCUT2D eigenvalue weighted by Gasteiger charge is -2.59. The zero-order valence-corrected chi connectivity index (χ0v) is 22.6. The molecule has 9 heteroatoms. The number of rotatable bonds is 8. The van der Waals surface area contributed by atoms with Crippen LogP contribution < -0.4 is 0 Å². The number of aliphatic hydroxyl groups excluding tert-OH is 1. The Morgan fingerprint density at radius 2 is 1.61 bits per heavy atom. The molecule has 0 bridgehead atoms. The lowest BCUT2D eigenvalue weighted by Crippen LogP contribution is -2.56. The van der Waals surface area contributed by atoms with Crippen molar-refractivity contribution in [3.8, 4) is 0 Å². The molecule has 0 aliphatic heterocycles. The normalized spacial score (nSPS) is 37.6. The van der Waals surface area contributed by atoms with Gasteiger partial charge in [-0.25, -0.2) is 0 Å². The van der Waals surface area contributed by atoms with Gasteiger partial charge in [0, 0.05) is 17.8 Å². The second-order valence-electron chi connectivity index (χ2n) is 12.2. The number of allylic oxidation sites excluding steroid dienone is 1. The first-order chi connectivity index (χ1) is 17.9. The van der Waals surface area contributed by atoms with Gasteiger partial charge < -0.3 is 19.7 Å². The lowest BCUT2D eigenvalue weighted by atomic mass is 9.46. The van der Waals surface area contributed by atoms with Crippen molar-refractivity contribution in [3.05, 3.63) is 11.6 Å². The van der Waals surface area contributed by atoms with E-state index in [2.05, 4.69) is 24.7 Å². The van der Waals surface area contributed by atoms with Gasteiger partial charge in [-0.3, -0.25) is 24.0 Å². The number of hydrogen-bond acceptors (Lipinski definition) is 8. The van der Waals surface area contributed by atoms with Crippen LogP contribution in [-0.2, 0) is 33.4 Å². The van der Waals surface area contributed by atoms with Gasteiger partial charge in [-0.2, -0.15) is 0 Å². The van der Waals surface area contributed by atoms with Gasteiger partial charge in [-0.1, -0.05) is 25.5 Å². The average Bonchev–Trinajstić information content (AvgIpc) is 3.20. The van der Waals surface area contributed by atoms with E-state index in [0.717, 1.165) is 37.7 Å². The fourth-order valence-corrected chi connectivity index (χ4v) is 8.37. The Balaban J connectivity index is 1.43. The van der Waals surface area contributed by atoms with Crippen LogP contribution in [0.2, 0.25) is 0 Å². The molecule has 0 heterocycles. The molecule has 0 spiro atoms. The molecule has 210 valence electrons. The second kappa shape index (κ2) is 10.9. The molecule has 8 unspecified atom stereocenters. The highest BCUT2D eigenvalue weighted by Crippen LogP contribution is 2.66. The average molecular weight is 533 g/mol. The molecule has 2 N–H and O–H groups in total. The van der Waals surface area contributed by atoms with E-state index >= 15 is 0 Å². The minimum atomic E-state index is -1.17. The highest BCUT2D eigenvalue weighted by Gasteiger charge is 2.62. The molecule has 0 saturated heterocycles. The van der Waals surface area contributed by atoms with Crippen molar-refractivity contribution in [2.45, 2.75) is 104 Å². The second-order valence-corrected chi connectivity index (χ2v) is 12.2. The van der Waals surface area contributed by atoms with Crippen LogP contribution in [0.4, 0.5) is 0 Å². The van der Waals surface area contributed by atoms with Crippen molar-refractivity contribution in [1.29, 1.82) is 0 Å². The smallest absolute Gasteiger partial charge is 0.314 e. The molecule has 0 radical (unpaired) electrons. The maximum Gasteiger partial charge on any atom is 0.314 e. The molecule has 38 heavy (non-hydrogen) atoms. The minimum Gasteiger partial charge on any atom is -0.481 e. The number of esters is 3. The molecule has 0 aromatic heterocycles. The van der Waals surface area contributed by atoms with E-state index in [9.17, 15) is 29.1 Å². The van der Waals surface area contributed by atoms with Crippen LogP contribution in [0.1, 0.15) is 91.4 Å². The first-order valence-electron chi connectivity index (χ1n) is 13.9. The quantitative estimate of drug-likeness (QED) is 0.271. The summed E-state index contributed by atoms with van der Waals surface area (Å²) in [7, 11) is 0. The van der Waals surface area contributed by atoms with E-state index in [4.69, 9.17) is 9.84 Å². The maximum atomic E-state index is 12.8. The summed E-state index contributed by atoms with van der Waals surface area (Å²) in [5, 5.41) is 19.2. The third kappa shape index (κ3) is 5.31. The predicted molar refractivity (Wildman–Crippen MR) is 134 cm³/mol. The number of aliphatic hydroxyl groups is 1. The third-order valence-electron chi connectivity index (χ3n) is 10.2. The number of Topliss-reactive ketones (excluding diaryl/α,β-unsaturated/α-hetero) is 1. The van der Waals surface area contributed by atoms with Crippen molar-refractivity contribution in [1.82, 2.24) is 0 Å². The van der Waals surface area contributed by atoms with E-state index in [1.54, 1.807) is 6.92 Å². The molecule has 4 aliphatic carbocycles. The zero-order valence-electron chi connectivity index (χ0n) is 22.6. The summed E-state index contributed by atoms with van der Waals surface area (Å²) in [6.45, 7) is 6.14. The van der Waals surface area contributed by atoms with E-state index < -0.39 is 54.3 Å². The molecular weight excluding hydrogens is 492 g/mol. The van der Waals surface area contributed by atoms with E-state index in [1.807, 2.05) is 0 Å². The molecule has 4 aliphatic rings. The highest BCUT2D eigenvalue weighted by molar-refractivity contribution is 5.88. The minimum absolute atomic E-state index is 0.00266. The number of carbonyl (C=O) groups is 5. The standard InChI is InChI=1S/C29H40O9/c1-16(30)20-6-7-21-19-5-4-17-14-18(31)15-23(29(17,3)22(19)12-13-28(20,21)2)37-25(34)10-11-27(36)38-26(35)9-8-24(32)33/h4,18-23,31H,5-15H2,1-3H3,(H,32,33). The number of carboxylic acids is 1. The first kappa shape index (κ1) is 28.5. The number of hydrogen-bond donors (Lipinski definition) is 2. The molecule has 0 aromatic rings. The van der Waals surface area contributed by atoms with Crippen LogP contribution in [0.25, 0.3) is 0 Å². The van der Waals surface area contributed by atoms with Gasteiger partial charge in [-0.15, -0.1) is 0 Å². The molecule has 4 rings (SSSR count). The van der Waals surface area contributed by atoms with Gasteiger partial charge in [0.05, 0.1) is 31.8 Å². The number of carbonyl (C=O) groups excluding carboxylic acids is 4. The van der Waals surface area contributed by atoms with E-state index in [0.29, 0.717) is 24.7 Å². The number of aliphatic carboxylic acids is 1. The highest BCUT2D eigenvalue weighted by atomic mass is 16.6. The van der Waals surface area contributed by atoms with Crippen LogP contribution in [0.15, 0.2) is 11.6 Å². The molecule has 0 aromatic carbocycles. The van der Waals surface area contributed by atoms with Gasteiger partial charge in [0.15, 0.2) is 0 Å². The number of carboxylic acid groups (broad SMARTS) is 1. The molecule has 8 atom stereocenters. The summed E-state index contributed by atoms with van der Waals surface area (Å²) in [5.74, 6) is -2.15. The summed E-state index contributed by atoms with van der Waals surface area (Å²) in [6, 6.07) is 0. The van der Waals surface area contributed by atoms with Gasteiger partial charge in [-0.05, 0) is 68.6 Å². The van der Waals surface area contributed by atoms with Gasteiger partial charge in [0.25, 0.3) is 0 Å². The Bertz CT molecular complexity index is 1030. The Labute approximate surface area is 223 Å². The van der Waals surface area contributed by atoms with Crippen molar-refractivity contribution in [2.24, 2.45) is 34.5 Å². The Kier molecular flexibility index (Phi) is 8.17. The largest absolute Gasteiger partial charge is 0.481 e. The van der Waals surface area contributed by atoms with Gasteiger partial charge >= 0.3 is 23.9 Å². The zero-order chi connectivity index (χ0) is 27.8. The number of ketones is 1. The number of fused-ring (bicyclic) bond motifs is 5. The van der Waals surface area contributed by atoms with Crippen LogP contribution in [0, 0.1) is 34.5 Å². The monoisotopic (exact) mass is 532 g/mol. The van der Waals surface area contributed by atoms with Crippen molar-refractivity contribution in [2.75, 3.05) is 0 Å². The van der Waals surface area contributed by atoms with E-state index in [-0.39, 0.29) is 35.9 Å². The van der Waals surface area contributed by atoms with Crippen molar-refractivity contribution < 1.29 is 43.7 Å². The molecule has 9 nitrogen and oxygen atoms in total. The Hall–Kier alpha value is -2.55.